The lowest BCUT2D eigenvalue weighted by atomic mass is 10.0. The first-order valence-corrected chi connectivity index (χ1v) is 7.37. The Morgan fingerprint density at radius 3 is 2.55 bits per heavy atom. The van der Waals surface area contributed by atoms with Gasteiger partial charge >= 0.3 is 6.09 Å². The number of carbonyl (C=O) groups is 1. The molecule has 1 aliphatic carbocycles. The lowest BCUT2D eigenvalue weighted by Crippen LogP contribution is -2.29. The quantitative estimate of drug-likeness (QED) is 0.890. The van der Waals surface area contributed by atoms with Gasteiger partial charge in [-0.25, -0.2) is 13.6 Å². The summed E-state index contributed by atoms with van der Waals surface area (Å²) in [5.41, 5.74) is -0.339. The van der Waals surface area contributed by atoms with E-state index in [-0.39, 0.29) is 22.6 Å². The van der Waals surface area contributed by atoms with E-state index in [1.165, 1.54) is 11.0 Å². The first kappa shape index (κ1) is 15.2. The van der Waals surface area contributed by atoms with Gasteiger partial charge in [-0.3, -0.25) is 0 Å². The van der Waals surface area contributed by atoms with Crippen molar-refractivity contribution in [1.82, 2.24) is 15.1 Å². The first-order chi connectivity index (χ1) is 10.4. The summed E-state index contributed by atoms with van der Waals surface area (Å²) >= 11 is 5.59. The fraction of sp³-hybridized carbons (Fsp3) is 0.615. The summed E-state index contributed by atoms with van der Waals surface area (Å²) in [6.07, 6.45) is -1.99. The van der Waals surface area contributed by atoms with E-state index >= 15 is 0 Å². The van der Waals surface area contributed by atoms with E-state index in [2.05, 4.69) is 15.5 Å². The minimum atomic E-state index is -2.70. The molecule has 1 saturated carbocycles. The second kappa shape index (κ2) is 5.83. The molecule has 0 aromatic carbocycles. The summed E-state index contributed by atoms with van der Waals surface area (Å²) in [5, 5.41) is 19.1. The van der Waals surface area contributed by atoms with Gasteiger partial charge in [-0.2, -0.15) is 0 Å². The van der Waals surface area contributed by atoms with Crippen molar-refractivity contribution in [3.63, 3.8) is 0 Å². The molecule has 0 radical (unpaired) electrons. The Morgan fingerprint density at radius 1 is 1.36 bits per heavy atom. The first-order valence-electron chi connectivity index (χ1n) is 6.99. The Kier molecular flexibility index (Phi) is 4.03. The highest BCUT2D eigenvalue weighted by Gasteiger charge is 2.42. The molecule has 1 amide bonds. The van der Waals surface area contributed by atoms with E-state index in [0.717, 1.165) is 12.8 Å². The average molecular weight is 333 g/mol. The van der Waals surface area contributed by atoms with Crippen LogP contribution in [-0.2, 0) is 0 Å². The molecular formula is C13H15ClF2N4O2. The predicted molar refractivity (Wildman–Crippen MR) is 75.2 cm³/mol. The van der Waals surface area contributed by atoms with Crippen molar-refractivity contribution in [3.05, 3.63) is 16.8 Å². The van der Waals surface area contributed by atoms with Gasteiger partial charge < -0.3 is 15.3 Å². The third-order valence-corrected chi connectivity index (χ3v) is 4.68. The zero-order chi connectivity index (χ0) is 15.9. The summed E-state index contributed by atoms with van der Waals surface area (Å²) in [4.78, 5) is 12.4. The fourth-order valence-electron chi connectivity index (χ4n) is 3.40. The van der Waals surface area contributed by atoms with Crippen molar-refractivity contribution in [3.8, 4) is 0 Å². The van der Waals surface area contributed by atoms with Gasteiger partial charge in [-0.15, -0.1) is 10.2 Å². The molecular weight excluding hydrogens is 318 g/mol. The van der Waals surface area contributed by atoms with Gasteiger partial charge in [0.25, 0.3) is 6.43 Å². The lowest BCUT2D eigenvalue weighted by molar-refractivity contribution is 0.150. The zero-order valence-corrected chi connectivity index (χ0v) is 12.3. The molecule has 0 bridgehead atoms. The number of halogens is 3. The second-order valence-electron chi connectivity index (χ2n) is 5.80. The minimum absolute atomic E-state index is 0.0898. The summed E-state index contributed by atoms with van der Waals surface area (Å²) in [5.74, 6) is 0.895. The van der Waals surface area contributed by atoms with Crippen LogP contribution in [0, 0.1) is 11.8 Å². The molecule has 0 spiro atoms. The van der Waals surface area contributed by atoms with E-state index in [4.69, 9.17) is 16.7 Å². The standard InChI is InChI=1S/C13H15ClF2N4O2/c14-11-9(12(15)16)3-10(18-19-11)17-8-1-6-4-20(13(21)22)5-7(6)2-8/h3,6-8,12H,1-2,4-5H2,(H,17,18)(H,21,22)/t6-,7+,8?. The van der Waals surface area contributed by atoms with Crippen molar-refractivity contribution in [2.75, 3.05) is 18.4 Å². The number of alkyl halides is 2. The molecule has 22 heavy (non-hydrogen) atoms. The SMILES string of the molecule is O=C(O)N1C[C@H]2CC(Nc3cc(C(F)F)c(Cl)nn3)C[C@H]2C1. The van der Waals surface area contributed by atoms with Crippen LogP contribution >= 0.6 is 11.6 Å². The molecule has 1 aromatic rings. The Balaban J connectivity index is 1.62. The number of nitrogens with zero attached hydrogens (tertiary/aromatic N) is 3. The van der Waals surface area contributed by atoms with Crippen LogP contribution in [0.2, 0.25) is 5.15 Å². The van der Waals surface area contributed by atoms with Gasteiger partial charge in [0.2, 0.25) is 0 Å². The van der Waals surface area contributed by atoms with Crippen LogP contribution in [-0.4, -0.2) is 45.4 Å². The molecule has 3 atom stereocenters. The highest BCUT2D eigenvalue weighted by molar-refractivity contribution is 6.30. The molecule has 3 rings (SSSR count). The van der Waals surface area contributed by atoms with E-state index in [1.807, 2.05) is 0 Å². The fourth-order valence-corrected chi connectivity index (χ4v) is 3.57. The number of likely N-dealkylation sites (tertiary alicyclic amines) is 1. The molecule has 2 N–H and O–H groups in total. The van der Waals surface area contributed by atoms with Crippen LogP contribution in [0.4, 0.5) is 19.4 Å². The minimum Gasteiger partial charge on any atom is -0.465 e. The maximum absolute atomic E-state index is 12.8. The van der Waals surface area contributed by atoms with Crippen LogP contribution in [0.3, 0.4) is 0 Å². The van der Waals surface area contributed by atoms with Crippen LogP contribution in [0.1, 0.15) is 24.8 Å². The van der Waals surface area contributed by atoms with E-state index in [1.54, 1.807) is 0 Å². The summed E-state index contributed by atoms with van der Waals surface area (Å²) in [6, 6.07) is 1.31. The monoisotopic (exact) mass is 332 g/mol. The maximum Gasteiger partial charge on any atom is 0.407 e. The summed E-state index contributed by atoms with van der Waals surface area (Å²) < 4.78 is 25.6. The van der Waals surface area contributed by atoms with Crippen molar-refractivity contribution in [1.29, 1.82) is 0 Å². The largest absolute Gasteiger partial charge is 0.465 e. The van der Waals surface area contributed by atoms with Crippen LogP contribution in [0.25, 0.3) is 0 Å². The van der Waals surface area contributed by atoms with Gasteiger partial charge in [-0.1, -0.05) is 11.6 Å². The number of hydrogen-bond donors (Lipinski definition) is 2. The average Bonchev–Trinajstić information content (AvgIpc) is 2.98. The van der Waals surface area contributed by atoms with Crippen molar-refractivity contribution >= 4 is 23.5 Å². The molecule has 2 aliphatic rings. The van der Waals surface area contributed by atoms with E-state index in [0.29, 0.717) is 24.9 Å². The molecule has 2 heterocycles. The van der Waals surface area contributed by atoms with Crippen molar-refractivity contribution in [2.45, 2.75) is 25.3 Å². The molecule has 1 aliphatic heterocycles. The molecule has 2 fully saturated rings. The number of nitrogens with one attached hydrogen (secondary N) is 1. The number of fused-ring (bicyclic) bond motifs is 1. The van der Waals surface area contributed by atoms with Gasteiger partial charge in [0.15, 0.2) is 5.15 Å². The Bertz CT molecular complexity index is 575. The van der Waals surface area contributed by atoms with Gasteiger partial charge in [0.1, 0.15) is 5.82 Å². The summed E-state index contributed by atoms with van der Waals surface area (Å²) in [6.45, 7) is 1.07. The summed E-state index contributed by atoms with van der Waals surface area (Å²) in [7, 11) is 0. The molecule has 1 aromatic heterocycles. The van der Waals surface area contributed by atoms with E-state index in [9.17, 15) is 13.6 Å². The van der Waals surface area contributed by atoms with Gasteiger partial charge in [0, 0.05) is 19.1 Å². The van der Waals surface area contributed by atoms with Crippen LogP contribution in [0.5, 0.6) is 0 Å². The third-order valence-electron chi connectivity index (χ3n) is 4.38. The Labute approximate surface area is 130 Å². The topological polar surface area (TPSA) is 78.4 Å². The number of rotatable bonds is 3. The maximum atomic E-state index is 12.8. The number of hydrogen-bond acceptors (Lipinski definition) is 4. The molecule has 120 valence electrons. The van der Waals surface area contributed by atoms with Gasteiger partial charge in [0.05, 0.1) is 5.56 Å². The number of amides is 1. The predicted octanol–water partition coefficient (Wildman–Crippen LogP) is 2.87. The van der Waals surface area contributed by atoms with Crippen LogP contribution < -0.4 is 5.32 Å². The number of aromatic nitrogens is 2. The zero-order valence-electron chi connectivity index (χ0n) is 11.5. The van der Waals surface area contributed by atoms with Gasteiger partial charge in [-0.05, 0) is 30.7 Å². The molecule has 1 saturated heterocycles. The smallest absolute Gasteiger partial charge is 0.407 e. The number of anilines is 1. The highest BCUT2D eigenvalue weighted by Crippen LogP contribution is 2.39. The highest BCUT2D eigenvalue weighted by atomic mass is 35.5. The molecule has 6 nitrogen and oxygen atoms in total. The van der Waals surface area contributed by atoms with Crippen LogP contribution in [0.15, 0.2) is 6.07 Å². The second-order valence-corrected chi connectivity index (χ2v) is 6.15. The lowest BCUT2D eigenvalue weighted by Gasteiger charge is -2.18. The van der Waals surface area contributed by atoms with Crippen molar-refractivity contribution < 1.29 is 18.7 Å². The normalized spacial score (nSPS) is 27.3. The number of carboxylic acid groups (broad SMARTS) is 1. The molecule has 9 heteroatoms. The van der Waals surface area contributed by atoms with Crippen molar-refractivity contribution in [2.24, 2.45) is 11.8 Å². The van der Waals surface area contributed by atoms with E-state index < -0.39 is 12.5 Å². The Morgan fingerprint density at radius 2 is 2.00 bits per heavy atom. The Hall–Kier alpha value is -1.70. The molecule has 1 unspecified atom stereocenters. The third kappa shape index (κ3) is 2.92.